The number of aliphatic carboxylic acids is 1. The van der Waals surface area contributed by atoms with E-state index in [0.717, 1.165) is 25.4 Å². The molecule has 18 heavy (non-hydrogen) atoms. The van der Waals surface area contributed by atoms with Gasteiger partial charge in [-0.2, -0.15) is 0 Å². The lowest BCUT2D eigenvalue weighted by Crippen LogP contribution is -2.47. The lowest BCUT2D eigenvalue weighted by atomic mass is 9.79. The summed E-state index contributed by atoms with van der Waals surface area (Å²) in [5, 5.41) is 9.08. The van der Waals surface area contributed by atoms with Crippen molar-refractivity contribution in [1.29, 1.82) is 0 Å². The number of carbonyl (C=O) groups is 1. The highest BCUT2D eigenvalue weighted by molar-refractivity contribution is 5.69. The van der Waals surface area contributed by atoms with E-state index in [1.54, 1.807) is 0 Å². The number of carboxylic acid groups (broad SMARTS) is 1. The summed E-state index contributed by atoms with van der Waals surface area (Å²) in [5.41, 5.74) is 0. The number of hydrogen-bond acceptors (Lipinski definition) is 3. The summed E-state index contributed by atoms with van der Waals surface area (Å²) in [6, 6.07) is 0.435. The van der Waals surface area contributed by atoms with Gasteiger partial charge in [-0.3, -0.25) is 9.69 Å². The predicted molar refractivity (Wildman–Crippen MR) is 73.7 cm³/mol. The highest BCUT2D eigenvalue weighted by Crippen LogP contribution is 2.31. The van der Waals surface area contributed by atoms with Crippen molar-refractivity contribution in [1.82, 2.24) is 9.80 Å². The summed E-state index contributed by atoms with van der Waals surface area (Å²) in [5.74, 6) is 0.628. The van der Waals surface area contributed by atoms with E-state index in [4.69, 9.17) is 5.11 Å². The van der Waals surface area contributed by atoms with Gasteiger partial charge in [-0.05, 0) is 38.8 Å². The Hall–Kier alpha value is -0.610. The van der Waals surface area contributed by atoms with Gasteiger partial charge < -0.3 is 10.0 Å². The minimum atomic E-state index is -0.709. The summed E-state index contributed by atoms with van der Waals surface area (Å²) in [4.78, 5) is 15.3. The molecule has 0 spiro atoms. The van der Waals surface area contributed by atoms with Gasteiger partial charge in [-0.1, -0.05) is 20.3 Å². The maximum atomic E-state index is 11.0. The van der Waals surface area contributed by atoms with Crippen LogP contribution in [0.25, 0.3) is 0 Å². The largest absolute Gasteiger partial charge is 0.480 e. The van der Waals surface area contributed by atoms with Gasteiger partial charge in [0.05, 0.1) is 6.54 Å². The van der Waals surface area contributed by atoms with Gasteiger partial charge in [0.25, 0.3) is 0 Å². The highest BCUT2D eigenvalue weighted by atomic mass is 16.4. The van der Waals surface area contributed by atoms with Crippen molar-refractivity contribution in [2.75, 3.05) is 33.7 Å². The van der Waals surface area contributed by atoms with Crippen molar-refractivity contribution < 1.29 is 9.90 Å². The molecule has 0 aromatic carbocycles. The van der Waals surface area contributed by atoms with Gasteiger partial charge in [-0.15, -0.1) is 0 Å². The molecule has 0 radical (unpaired) electrons. The molecule has 4 nitrogen and oxygen atoms in total. The summed E-state index contributed by atoms with van der Waals surface area (Å²) >= 11 is 0. The number of hydrogen-bond donors (Lipinski definition) is 1. The topological polar surface area (TPSA) is 43.8 Å². The van der Waals surface area contributed by atoms with Gasteiger partial charge in [0.1, 0.15) is 0 Å². The van der Waals surface area contributed by atoms with Crippen LogP contribution >= 0.6 is 0 Å². The first-order chi connectivity index (χ1) is 8.40. The summed E-state index contributed by atoms with van der Waals surface area (Å²) < 4.78 is 0. The van der Waals surface area contributed by atoms with E-state index in [0.29, 0.717) is 12.0 Å². The SMILES string of the molecule is CC1CCC(C)C(N(CCN(C)C)CC(=O)O)C1. The fraction of sp³-hybridized carbons (Fsp3) is 0.929. The summed E-state index contributed by atoms with van der Waals surface area (Å²) in [6.07, 6.45) is 3.65. The number of carboxylic acids is 1. The van der Waals surface area contributed by atoms with Crippen LogP contribution in [0.15, 0.2) is 0 Å². The molecule has 0 bridgehead atoms. The van der Waals surface area contributed by atoms with E-state index in [9.17, 15) is 4.79 Å². The van der Waals surface area contributed by atoms with Gasteiger partial charge in [-0.25, -0.2) is 0 Å². The minimum absolute atomic E-state index is 0.176. The molecule has 1 rings (SSSR count). The standard InChI is InChI=1S/C14H28N2O2/c1-11-5-6-12(2)13(9-11)16(10-14(17)18)8-7-15(3)4/h11-13H,5-10H2,1-4H3,(H,17,18). The van der Waals surface area contributed by atoms with E-state index < -0.39 is 5.97 Å². The molecular weight excluding hydrogens is 228 g/mol. The average molecular weight is 256 g/mol. The number of likely N-dealkylation sites (N-methyl/N-ethyl adjacent to an activating group) is 1. The van der Waals surface area contributed by atoms with E-state index >= 15 is 0 Å². The van der Waals surface area contributed by atoms with E-state index in [1.165, 1.54) is 12.8 Å². The molecule has 4 heteroatoms. The van der Waals surface area contributed by atoms with Crippen LogP contribution in [-0.2, 0) is 4.79 Å². The second-order valence-corrected chi connectivity index (χ2v) is 6.13. The molecule has 1 fully saturated rings. The molecule has 0 aliphatic heterocycles. The Bertz CT molecular complexity index is 269. The Morgan fingerprint density at radius 3 is 2.44 bits per heavy atom. The van der Waals surface area contributed by atoms with Crippen LogP contribution in [0.3, 0.4) is 0 Å². The Morgan fingerprint density at radius 2 is 1.89 bits per heavy atom. The molecule has 0 heterocycles. The summed E-state index contributed by atoms with van der Waals surface area (Å²) in [7, 11) is 4.07. The summed E-state index contributed by atoms with van der Waals surface area (Å²) in [6.45, 7) is 6.49. The second kappa shape index (κ2) is 7.10. The molecule has 1 N–H and O–H groups in total. The van der Waals surface area contributed by atoms with Crippen molar-refractivity contribution in [3.05, 3.63) is 0 Å². The van der Waals surface area contributed by atoms with Crippen molar-refractivity contribution in [2.45, 2.75) is 39.2 Å². The molecule has 1 aliphatic carbocycles. The maximum absolute atomic E-state index is 11.0. The van der Waals surface area contributed by atoms with Gasteiger partial charge in [0.15, 0.2) is 0 Å². The van der Waals surface area contributed by atoms with E-state index in [2.05, 4.69) is 23.6 Å². The second-order valence-electron chi connectivity index (χ2n) is 6.13. The highest BCUT2D eigenvalue weighted by Gasteiger charge is 2.31. The van der Waals surface area contributed by atoms with E-state index in [-0.39, 0.29) is 6.54 Å². The lowest BCUT2D eigenvalue weighted by Gasteiger charge is -2.40. The predicted octanol–water partition coefficient (Wildman–Crippen LogP) is 1.76. The molecule has 3 unspecified atom stereocenters. The molecule has 3 atom stereocenters. The molecule has 1 saturated carbocycles. The zero-order valence-electron chi connectivity index (χ0n) is 12.2. The Labute approximate surface area is 111 Å². The smallest absolute Gasteiger partial charge is 0.317 e. The van der Waals surface area contributed by atoms with Crippen LogP contribution in [0.1, 0.15) is 33.1 Å². The third-order valence-electron chi connectivity index (χ3n) is 4.06. The quantitative estimate of drug-likeness (QED) is 0.786. The van der Waals surface area contributed by atoms with Crippen molar-refractivity contribution in [3.8, 4) is 0 Å². The Balaban J connectivity index is 2.63. The van der Waals surface area contributed by atoms with Crippen molar-refractivity contribution in [3.63, 3.8) is 0 Å². The fourth-order valence-corrected chi connectivity index (χ4v) is 2.88. The molecule has 0 saturated heterocycles. The van der Waals surface area contributed by atoms with Gasteiger partial charge in [0.2, 0.25) is 0 Å². The zero-order valence-corrected chi connectivity index (χ0v) is 12.2. The molecule has 0 amide bonds. The van der Waals surface area contributed by atoms with Crippen LogP contribution in [0.2, 0.25) is 0 Å². The van der Waals surface area contributed by atoms with E-state index in [1.807, 2.05) is 14.1 Å². The van der Waals surface area contributed by atoms with Gasteiger partial charge in [0, 0.05) is 19.1 Å². The van der Waals surface area contributed by atoms with Crippen LogP contribution in [-0.4, -0.2) is 60.6 Å². The van der Waals surface area contributed by atoms with Crippen LogP contribution in [0, 0.1) is 11.8 Å². The molecule has 1 aliphatic rings. The third-order valence-corrected chi connectivity index (χ3v) is 4.06. The van der Waals surface area contributed by atoms with Crippen molar-refractivity contribution in [2.24, 2.45) is 11.8 Å². The first kappa shape index (κ1) is 15.4. The zero-order chi connectivity index (χ0) is 13.7. The number of rotatable bonds is 6. The normalized spacial score (nSPS) is 28.9. The average Bonchev–Trinajstić information content (AvgIpc) is 2.27. The maximum Gasteiger partial charge on any atom is 0.317 e. The monoisotopic (exact) mass is 256 g/mol. The van der Waals surface area contributed by atoms with Gasteiger partial charge >= 0.3 is 5.97 Å². The molecule has 0 aromatic heterocycles. The molecular formula is C14H28N2O2. The van der Waals surface area contributed by atoms with Crippen LogP contribution in [0.4, 0.5) is 0 Å². The lowest BCUT2D eigenvalue weighted by molar-refractivity contribution is -0.139. The fourth-order valence-electron chi connectivity index (χ4n) is 2.88. The molecule has 106 valence electrons. The Kier molecular flexibility index (Phi) is 6.09. The third kappa shape index (κ3) is 4.94. The Morgan fingerprint density at radius 1 is 1.22 bits per heavy atom. The van der Waals surface area contributed by atoms with Crippen LogP contribution < -0.4 is 0 Å². The first-order valence-corrected chi connectivity index (χ1v) is 7.00. The van der Waals surface area contributed by atoms with Crippen molar-refractivity contribution >= 4 is 5.97 Å². The minimum Gasteiger partial charge on any atom is -0.480 e. The first-order valence-electron chi connectivity index (χ1n) is 7.00. The number of nitrogens with zero attached hydrogens (tertiary/aromatic N) is 2. The van der Waals surface area contributed by atoms with Crippen LogP contribution in [0.5, 0.6) is 0 Å². The molecule has 0 aromatic rings.